The standard InChI is InChI=1S/C30H41N7O6/c1-19(2)25(27(40)34-22(18-38)16-20-10-5-3-6-11-20)37-26(39)23(14-9-15-33-29(31)32)35-30(43)36-24(28(41)42)17-21-12-7-4-8-13-21/h3-8,10-13,18-19,22-25H,9,14-17H2,1-2H3,(H,34,40)(H,37,39)(H,41,42)(H4,31,32,33)(H2,35,36,43)/t22-,23-,24-,25-/m0/s1. The molecule has 0 aromatic heterocycles. The minimum absolute atomic E-state index is 0.0292. The first-order valence-corrected chi connectivity index (χ1v) is 14.0. The van der Waals surface area contributed by atoms with Crippen molar-refractivity contribution in [3.63, 3.8) is 0 Å². The van der Waals surface area contributed by atoms with Crippen LogP contribution in [0.4, 0.5) is 4.79 Å². The van der Waals surface area contributed by atoms with Crippen molar-refractivity contribution in [2.24, 2.45) is 22.4 Å². The summed E-state index contributed by atoms with van der Waals surface area (Å²) in [4.78, 5) is 66.8. The van der Waals surface area contributed by atoms with E-state index in [0.29, 0.717) is 18.3 Å². The van der Waals surface area contributed by atoms with Gasteiger partial charge in [-0.1, -0.05) is 74.5 Å². The zero-order chi connectivity index (χ0) is 31.8. The van der Waals surface area contributed by atoms with Gasteiger partial charge >= 0.3 is 12.0 Å². The molecule has 2 aromatic carbocycles. The Labute approximate surface area is 250 Å². The molecule has 0 spiro atoms. The fourth-order valence-electron chi connectivity index (χ4n) is 4.24. The SMILES string of the molecule is CC(C)[C@H](NC(=O)[C@H](CCCN=C(N)N)NC(=O)N[C@@H](Cc1ccccc1)C(=O)O)C(=O)N[C@H](C=O)Cc1ccccc1. The highest BCUT2D eigenvalue weighted by Crippen LogP contribution is 2.08. The molecule has 2 rings (SSSR count). The lowest BCUT2D eigenvalue weighted by molar-refractivity contribution is -0.139. The average Bonchev–Trinajstić information content (AvgIpc) is 2.97. The Bertz CT molecular complexity index is 1240. The van der Waals surface area contributed by atoms with Crippen LogP contribution >= 0.6 is 0 Å². The first-order chi connectivity index (χ1) is 20.5. The number of rotatable bonds is 17. The minimum atomic E-state index is -1.26. The predicted octanol–water partition coefficient (Wildman–Crippen LogP) is 0.471. The number of carboxylic acids is 1. The zero-order valence-corrected chi connectivity index (χ0v) is 24.4. The number of aldehydes is 1. The Morgan fingerprint density at radius 2 is 1.37 bits per heavy atom. The summed E-state index contributed by atoms with van der Waals surface area (Å²) in [5.74, 6) is -2.98. The van der Waals surface area contributed by atoms with Crippen LogP contribution in [0.3, 0.4) is 0 Å². The Kier molecular flexibility index (Phi) is 14.2. The number of carbonyl (C=O) groups is 5. The first-order valence-electron chi connectivity index (χ1n) is 14.0. The molecule has 2 aromatic rings. The summed E-state index contributed by atoms with van der Waals surface area (Å²) in [7, 11) is 0. The molecule has 43 heavy (non-hydrogen) atoms. The van der Waals surface area contributed by atoms with Crippen LogP contribution in [0, 0.1) is 5.92 Å². The van der Waals surface area contributed by atoms with Gasteiger partial charge in [0.25, 0.3) is 0 Å². The normalized spacial score (nSPS) is 13.5. The molecule has 232 valence electrons. The quantitative estimate of drug-likeness (QED) is 0.0588. The summed E-state index contributed by atoms with van der Waals surface area (Å²) in [6, 6.07) is 12.8. The summed E-state index contributed by atoms with van der Waals surface area (Å²) in [5.41, 5.74) is 12.3. The maximum absolute atomic E-state index is 13.4. The van der Waals surface area contributed by atoms with E-state index >= 15 is 0 Å². The van der Waals surface area contributed by atoms with Crippen molar-refractivity contribution in [2.75, 3.05) is 6.54 Å². The van der Waals surface area contributed by atoms with Crippen LogP contribution in [0.5, 0.6) is 0 Å². The molecule has 0 radical (unpaired) electrons. The van der Waals surface area contributed by atoms with Crippen molar-refractivity contribution in [3.05, 3.63) is 71.8 Å². The molecular weight excluding hydrogens is 554 g/mol. The molecule has 0 saturated heterocycles. The molecule has 13 heteroatoms. The summed E-state index contributed by atoms with van der Waals surface area (Å²) in [6.07, 6.45) is 1.32. The summed E-state index contributed by atoms with van der Waals surface area (Å²) >= 11 is 0. The number of nitrogens with zero attached hydrogens (tertiary/aromatic N) is 1. The van der Waals surface area contributed by atoms with E-state index in [-0.39, 0.29) is 37.7 Å². The third-order valence-electron chi connectivity index (χ3n) is 6.49. The van der Waals surface area contributed by atoms with Crippen LogP contribution in [0.2, 0.25) is 0 Å². The Balaban J connectivity index is 2.13. The van der Waals surface area contributed by atoms with Crippen LogP contribution in [0.25, 0.3) is 0 Å². The fourth-order valence-corrected chi connectivity index (χ4v) is 4.24. The molecule has 4 atom stereocenters. The molecule has 0 saturated carbocycles. The number of carbonyl (C=O) groups excluding carboxylic acids is 4. The van der Waals surface area contributed by atoms with Gasteiger partial charge in [-0.3, -0.25) is 14.6 Å². The van der Waals surface area contributed by atoms with E-state index in [4.69, 9.17) is 11.5 Å². The monoisotopic (exact) mass is 595 g/mol. The topological polar surface area (TPSA) is 218 Å². The highest BCUT2D eigenvalue weighted by atomic mass is 16.4. The smallest absolute Gasteiger partial charge is 0.326 e. The maximum atomic E-state index is 13.4. The van der Waals surface area contributed by atoms with Gasteiger partial charge in [-0.25, -0.2) is 9.59 Å². The van der Waals surface area contributed by atoms with Crippen LogP contribution in [0.15, 0.2) is 65.7 Å². The predicted molar refractivity (Wildman–Crippen MR) is 162 cm³/mol. The van der Waals surface area contributed by atoms with Gasteiger partial charge in [0.1, 0.15) is 24.4 Å². The van der Waals surface area contributed by atoms with Gasteiger partial charge in [0.15, 0.2) is 5.96 Å². The molecule has 9 N–H and O–H groups in total. The minimum Gasteiger partial charge on any atom is -0.480 e. The summed E-state index contributed by atoms with van der Waals surface area (Å²) < 4.78 is 0. The van der Waals surface area contributed by atoms with Crippen LogP contribution in [-0.2, 0) is 32.0 Å². The Morgan fingerprint density at radius 3 is 1.88 bits per heavy atom. The van der Waals surface area contributed by atoms with E-state index in [2.05, 4.69) is 26.3 Å². The molecule has 0 aliphatic carbocycles. The van der Waals surface area contributed by atoms with E-state index < -0.39 is 48.0 Å². The number of nitrogens with two attached hydrogens (primary N) is 2. The third kappa shape index (κ3) is 12.6. The third-order valence-corrected chi connectivity index (χ3v) is 6.49. The lowest BCUT2D eigenvalue weighted by Crippen LogP contribution is -2.58. The molecule has 0 fully saturated rings. The lowest BCUT2D eigenvalue weighted by Gasteiger charge is -2.27. The Morgan fingerprint density at radius 1 is 0.814 bits per heavy atom. The molecule has 0 aliphatic rings. The van der Waals surface area contributed by atoms with Gasteiger partial charge < -0.3 is 42.6 Å². The highest BCUT2D eigenvalue weighted by molar-refractivity contribution is 5.93. The van der Waals surface area contributed by atoms with E-state index in [0.717, 1.165) is 5.56 Å². The molecule has 0 unspecified atom stereocenters. The number of hydrogen-bond acceptors (Lipinski definition) is 6. The van der Waals surface area contributed by atoms with Crippen molar-refractivity contribution in [1.82, 2.24) is 21.3 Å². The average molecular weight is 596 g/mol. The second-order valence-electron chi connectivity index (χ2n) is 10.4. The van der Waals surface area contributed by atoms with Crippen molar-refractivity contribution >= 4 is 36.1 Å². The molecule has 4 amide bonds. The molecular formula is C30H41N7O6. The Hall–Kier alpha value is -4.94. The number of nitrogens with one attached hydrogen (secondary N) is 4. The van der Waals surface area contributed by atoms with Gasteiger partial charge in [-0.2, -0.15) is 0 Å². The van der Waals surface area contributed by atoms with Gasteiger partial charge in [0, 0.05) is 13.0 Å². The number of guanidine groups is 1. The van der Waals surface area contributed by atoms with E-state index in [1.165, 1.54) is 0 Å². The number of aliphatic imine (C=N–C) groups is 1. The lowest BCUT2D eigenvalue weighted by atomic mass is 10.0. The molecule has 13 nitrogen and oxygen atoms in total. The van der Waals surface area contributed by atoms with Crippen LogP contribution in [0.1, 0.15) is 37.8 Å². The zero-order valence-electron chi connectivity index (χ0n) is 24.4. The second-order valence-corrected chi connectivity index (χ2v) is 10.4. The number of aliphatic carboxylic acids is 1. The largest absolute Gasteiger partial charge is 0.480 e. The van der Waals surface area contributed by atoms with Gasteiger partial charge in [0.05, 0.1) is 6.04 Å². The first kappa shape index (κ1) is 34.3. The van der Waals surface area contributed by atoms with Gasteiger partial charge in [0.2, 0.25) is 11.8 Å². The second kappa shape index (κ2) is 17.8. The van der Waals surface area contributed by atoms with Crippen molar-refractivity contribution in [3.8, 4) is 0 Å². The van der Waals surface area contributed by atoms with Crippen LogP contribution in [-0.4, -0.2) is 71.9 Å². The summed E-state index contributed by atoms with van der Waals surface area (Å²) in [6.45, 7) is 3.63. The number of urea groups is 1. The highest BCUT2D eigenvalue weighted by Gasteiger charge is 2.30. The number of amides is 4. The fraction of sp³-hybridized carbons (Fsp3) is 0.400. The number of hydrogen-bond donors (Lipinski definition) is 7. The summed E-state index contributed by atoms with van der Waals surface area (Å²) in [5, 5.41) is 19.9. The molecule has 0 heterocycles. The van der Waals surface area contributed by atoms with Crippen LogP contribution < -0.4 is 32.7 Å². The van der Waals surface area contributed by atoms with Crippen molar-refractivity contribution < 1.29 is 29.1 Å². The number of benzene rings is 2. The van der Waals surface area contributed by atoms with Crippen molar-refractivity contribution in [2.45, 2.75) is 63.7 Å². The van der Waals surface area contributed by atoms with Gasteiger partial charge in [-0.05, 0) is 36.3 Å². The van der Waals surface area contributed by atoms with E-state index in [1.807, 2.05) is 30.3 Å². The van der Waals surface area contributed by atoms with E-state index in [9.17, 15) is 29.1 Å². The van der Waals surface area contributed by atoms with Gasteiger partial charge in [-0.15, -0.1) is 0 Å². The molecule has 0 aliphatic heterocycles. The molecule has 0 bridgehead atoms. The van der Waals surface area contributed by atoms with E-state index in [1.54, 1.807) is 44.2 Å². The van der Waals surface area contributed by atoms with Crippen molar-refractivity contribution in [1.29, 1.82) is 0 Å². The maximum Gasteiger partial charge on any atom is 0.326 e. The number of carboxylic acid groups (broad SMARTS) is 1.